The van der Waals surface area contributed by atoms with Gasteiger partial charge in [-0.3, -0.25) is 4.79 Å². The number of benzene rings is 2. The molecular formula is C24H27N5OS. The smallest absolute Gasteiger partial charge is 0.239 e. The molecule has 0 bridgehead atoms. The Bertz CT molecular complexity index is 1040. The molecule has 1 aromatic heterocycles. The number of piperidine rings is 1. The lowest BCUT2D eigenvalue weighted by Gasteiger charge is -2.43. The van der Waals surface area contributed by atoms with E-state index in [0.29, 0.717) is 0 Å². The van der Waals surface area contributed by atoms with Crippen LogP contribution in [0.3, 0.4) is 0 Å². The van der Waals surface area contributed by atoms with Crippen LogP contribution in [0.5, 0.6) is 0 Å². The quantitative estimate of drug-likeness (QED) is 0.659. The van der Waals surface area contributed by atoms with Crippen molar-refractivity contribution in [2.75, 3.05) is 5.43 Å². The molecule has 0 radical (unpaired) electrons. The maximum atomic E-state index is 13.9. The number of thioether (sulfide) groups is 1. The first-order chi connectivity index (χ1) is 15.1. The zero-order chi connectivity index (χ0) is 21.4. The zero-order valence-electron chi connectivity index (χ0n) is 17.8. The monoisotopic (exact) mass is 433 g/mol. The normalized spacial score (nSPS) is 25.5. The van der Waals surface area contributed by atoms with Crippen molar-refractivity contribution in [2.24, 2.45) is 0 Å². The number of nitrogens with one attached hydrogen (secondary N) is 1. The van der Waals surface area contributed by atoms with E-state index in [1.165, 1.54) is 18.2 Å². The molecule has 6 nitrogen and oxygen atoms in total. The maximum absolute atomic E-state index is 13.9. The van der Waals surface area contributed by atoms with Crippen LogP contribution in [-0.4, -0.2) is 43.0 Å². The second-order valence-electron chi connectivity index (χ2n) is 8.44. The van der Waals surface area contributed by atoms with Crippen molar-refractivity contribution in [3.8, 4) is 11.4 Å². The third-order valence-electron chi connectivity index (χ3n) is 6.32. The summed E-state index contributed by atoms with van der Waals surface area (Å²) in [7, 11) is 0. The van der Waals surface area contributed by atoms with Gasteiger partial charge in [0.25, 0.3) is 0 Å². The van der Waals surface area contributed by atoms with Crippen molar-refractivity contribution >= 4 is 17.7 Å². The lowest BCUT2D eigenvalue weighted by molar-refractivity contribution is -0.137. The number of likely N-dealkylation sites (tertiary alicyclic amines) is 1. The SMILES string of the molecule is C[C@@H]1CCC[C@H](C)N1C(=O)[C@@H]1Sc2nnc(-c3ccccc3)n2N[C@H]1c1ccccc1. The average molecular weight is 434 g/mol. The van der Waals surface area contributed by atoms with Crippen molar-refractivity contribution in [1.29, 1.82) is 0 Å². The number of fused-ring (bicyclic) bond motifs is 1. The first-order valence-electron chi connectivity index (χ1n) is 10.9. The Hall–Kier alpha value is -2.80. The number of amides is 1. The number of aromatic nitrogens is 3. The molecular weight excluding hydrogens is 406 g/mol. The molecule has 0 unspecified atom stereocenters. The largest absolute Gasteiger partial charge is 0.336 e. The highest BCUT2D eigenvalue weighted by Crippen LogP contribution is 2.40. The topological polar surface area (TPSA) is 63.1 Å². The van der Waals surface area contributed by atoms with Crippen LogP contribution in [0.1, 0.15) is 44.7 Å². The van der Waals surface area contributed by atoms with Gasteiger partial charge in [0.2, 0.25) is 11.1 Å². The second-order valence-corrected chi connectivity index (χ2v) is 9.55. The van der Waals surface area contributed by atoms with Gasteiger partial charge >= 0.3 is 0 Å². The number of nitrogens with zero attached hydrogens (tertiary/aromatic N) is 4. The Morgan fingerprint density at radius 2 is 1.61 bits per heavy atom. The molecule has 5 rings (SSSR count). The van der Waals surface area contributed by atoms with Crippen molar-refractivity contribution in [1.82, 2.24) is 19.8 Å². The Labute approximate surface area is 187 Å². The van der Waals surface area contributed by atoms with Gasteiger partial charge in [-0.15, -0.1) is 10.2 Å². The fraction of sp³-hybridized carbons (Fsp3) is 0.375. The molecule has 0 spiro atoms. The summed E-state index contributed by atoms with van der Waals surface area (Å²) < 4.78 is 1.94. The number of carbonyl (C=O) groups excluding carboxylic acids is 1. The highest BCUT2D eigenvalue weighted by molar-refractivity contribution is 8.00. The van der Waals surface area contributed by atoms with Gasteiger partial charge in [-0.1, -0.05) is 72.4 Å². The van der Waals surface area contributed by atoms with E-state index in [-0.39, 0.29) is 29.3 Å². The van der Waals surface area contributed by atoms with Crippen LogP contribution in [0.15, 0.2) is 65.8 Å². The van der Waals surface area contributed by atoms with Gasteiger partial charge in [-0.25, -0.2) is 4.68 Å². The highest BCUT2D eigenvalue weighted by atomic mass is 32.2. The van der Waals surface area contributed by atoms with Crippen LogP contribution in [-0.2, 0) is 4.79 Å². The lowest BCUT2D eigenvalue weighted by atomic mass is 9.95. The molecule has 0 saturated carbocycles. The molecule has 3 aromatic rings. The van der Waals surface area contributed by atoms with E-state index < -0.39 is 0 Å². The Kier molecular flexibility index (Phi) is 5.44. The Balaban J connectivity index is 1.54. The summed E-state index contributed by atoms with van der Waals surface area (Å²) in [5.74, 6) is 0.941. The molecule has 2 aliphatic heterocycles. The van der Waals surface area contributed by atoms with Crippen molar-refractivity contribution in [3.63, 3.8) is 0 Å². The molecule has 1 amide bonds. The summed E-state index contributed by atoms with van der Waals surface area (Å²) >= 11 is 1.52. The van der Waals surface area contributed by atoms with E-state index in [9.17, 15) is 4.79 Å². The van der Waals surface area contributed by atoms with E-state index in [2.05, 4.69) is 46.5 Å². The molecule has 4 atom stereocenters. The Morgan fingerprint density at radius 1 is 0.968 bits per heavy atom. The zero-order valence-corrected chi connectivity index (χ0v) is 18.6. The van der Waals surface area contributed by atoms with Crippen LogP contribution < -0.4 is 5.43 Å². The van der Waals surface area contributed by atoms with Gasteiger partial charge in [0.1, 0.15) is 5.25 Å². The van der Waals surface area contributed by atoms with Crippen LogP contribution in [0, 0.1) is 0 Å². The average Bonchev–Trinajstić information content (AvgIpc) is 3.22. The van der Waals surface area contributed by atoms with E-state index in [4.69, 9.17) is 0 Å². The minimum absolute atomic E-state index is 0.175. The Morgan fingerprint density at radius 3 is 2.29 bits per heavy atom. The van der Waals surface area contributed by atoms with Gasteiger partial charge in [0, 0.05) is 17.6 Å². The first-order valence-corrected chi connectivity index (χ1v) is 11.8. The van der Waals surface area contributed by atoms with E-state index in [1.54, 1.807) is 0 Å². The van der Waals surface area contributed by atoms with Crippen LogP contribution in [0.25, 0.3) is 11.4 Å². The molecule has 3 heterocycles. The fourth-order valence-electron chi connectivity index (χ4n) is 4.73. The van der Waals surface area contributed by atoms with Crippen LogP contribution in [0.2, 0.25) is 0 Å². The lowest BCUT2D eigenvalue weighted by Crippen LogP contribution is -2.53. The molecule has 31 heavy (non-hydrogen) atoms. The summed E-state index contributed by atoms with van der Waals surface area (Å²) in [6.45, 7) is 4.34. The number of carbonyl (C=O) groups is 1. The van der Waals surface area contributed by atoms with Crippen LogP contribution in [0.4, 0.5) is 0 Å². The highest BCUT2D eigenvalue weighted by Gasteiger charge is 2.42. The van der Waals surface area contributed by atoms with Gasteiger partial charge in [0.05, 0.1) is 6.04 Å². The molecule has 0 aliphatic carbocycles. The molecule has 7 heteroatoms. The minimum atomic E-state index is -0.300. The summed E-state index contributed by atoms with van der Waals surface area (Å²) in [5.41, 5.74) is 5.66. The predicted molar refractivity (Wildman–Crippen MR) is 123 cm³/mol. The fourth-order valence-corrected chi connectivity index (χ4v) is 5.87. The summed E-state index contributed by atoms with van der Waals surface area (Å²) in [4.78, 5) is 16.0. The van der Waals surface area contributed by atoms with E-state index in [0.717, 1.165) is 34.9 Å². The third-order valence-corrected chi connectivity index (χ3v) is 7.52. The molecule has 2 aromatic carbocycles. The number of hydrogen-bond acceptors (Lipinski definition) is 5. The third kappa shape index (κ3) is 3.71. The van der Waals surface area contributed by atoms with Gasteiger partial charge in [0.15, 0.2) is 5.82 Å². The van der Waals surface area contributed by atoms with Gasteiger partial charge in [-0.05, 0) is 38.7 Å². The van der Waals surface area contributed by atoms with E-state index >= 15 is 0 Å². The number of rotatable bonds is 3. The second kappa shape index (κ2) is 8.38. The summed E-state index contributed by atoms with van der Waals surface area (Å²) in [6, 6.07) is 20.6. The van der Waals surface area contributed by atoms with Gasteiger partial charge in [-0.2, -0.15) is 0 Å². The maximum Gasteiger partial charge on any atom is 0.239 e. The first kappa shape index (κ1) is 20.1. The standard InChI is InChI=1S/C24H27N5OS/c1-16-10-9-11-17(2)28(16)23(30)21-20(18-12-5-3-6-13-18)27-29-22(25-26-24(29)31-21)19-14-7-4-8-15-19/h3-8,12-17,20-21,27H,9-11H2,1-2H3/t16-,17+,20-,21+/m0/s1. The van der Waals surface area contributed by atoms with Crippen molar-refractivity contribution in [2.45, 2.75) is 61.6 Å². The van der Waals surface area contributed by atoms with Gasteiger partial charge < -0.3 is 10.3 Å². The molecule has 1 saturated heterocycles. The van der Waals surface area contributed by atoms with Crippen LogP contribution >= 0.6 is 11.8 Å². The van der Waals surface area contributed by atoms with Crippen molar-refractivity contribution in [3.05, 3.63) is 66.2 Å². The van der Waals surface area contributed by atoms with E-state index in [1.807, 2.05) is 53.2 Å². The molecule has 2 aliphatic rings. The minimum Gasteiger partial charge on any atom is -0.336 e. The predicted octanol–water partition coefficient (Wildman–Crippen LogP) is 4.49. The summed E-state index contributed by atoms with van der Waals surface area (Å²) in [6.07, 6.45) is 3.30. The number of hydrogen-bond donors (Lipinski definition) is 1. The molecule has 1 fully saturated rings. The molecule has 160 valence electrons. The molecule has 1 N–H and O–H groups in total. The van der Waals surface area contributed by atoms with Crippen molar-refractivity contribution < 1.29 is 4.79 Å². The summed E-state index contributed by atoms with van der Waals surface area (Å²) in [5, 5.41) is 9.28.